The van der Waals surface area contributed by atoms with E-state index in [0.717, 1.165) is 16.2 Å². The van der Waals surface area contributed by atoms with Crippen molar-refractivity contribution in [3.8, 4) is 0 Å². The predicted molar refractivity (Wildman–Crippen MR) is 152 cm³/mol. The van der Waals surface area contributed by atoms with Crippen LogP contribution in [0.2, 0.25) is 0 Å². The molecule has 2 aromatic heterocycles. The zero-order valence-corrected chi connectivity index (χ0v) is 23.6. The van der Waals surface area contributed by atoms with Crippen molar-refractivity contribution in [1.29, 1.82) is 0 Å². The molecule has 212 valence electrons. The Labute approximate surface area is 243 Å². The number of carbonyl (C=O) groups is 3. The Bertz CT molecular complexity index is 1410. The van der Waals surface area contributed by atoms with Gasteiger partial charge in [-0.25, -0.2) is 14.8 Å². The van der Waals surface area contributed by atoms with Crippen LogP contribution in [0.1, 0.15) is 5.69 Å². The largest absolute Gasteiger partial charge is 0.477 e. The highest BCUT2D eigenvalue weighted by atomic mass is 32.2. The number of guanidine groups is 1. The van der Waals surface area contributed by atoms with Gasteiger partial charge in [0.15, 0.2) is 16.8 Å². The lowest BCUT2D eigenvalue weighted by atomic mass is 10.0. The molecule has 15 nitrogen and oxygen atoms in total. The SMILES string of the molecule is NC(N)=NC(CO)CSc1cnccc1SC1=C(C(=O)O)N2C(=O)[C@@H](NC(=O)/C(=N\O)c3csc(N)n3)[C@H]2SC1. The number of thioether (sulfide) groups is 3. The fourth-order valence-corrected chi connectivity index (χ4v) is 7.92. The summed E-state index contributed by atoms with van der Waals surface area (Å²) >= 11 is 4.85. The van der Waals surface area contributed by atoms with Crippen molar-refractivity contribution >= 4 is 81.2 Å². The number of aromatic nitrogens is 2. The number of carboxylic acid groups (broad SMARTS) is 1. The van der Waals surface area contributed by atoms with E-state index in [-0.39, 0.29) is 34.8 Å². The molecule has 40 heavy (non-hydrogen) atoms. The molecule has 4 heterocycles. The molecule has 0 aliphatic carbocycles. The number of hydrogen-bond acceptors (Lipinski definition) is 14. The summed E-state index contributed by atoms with van der Waals surface area (Å²) in [6.45, 7) is -0.266. The number of thiazole rings is 1. The number of fused-ring (bicyclic) bond motifs is 1. The van der Waals surface area contributed by atoms with Gasteiger partial charge in [-0.1, -0.05) is 16.9 Å². The van der Waals surface area contributed by atoms with Crippen LogP contribution in [0.25, 0.3) is 0 Å². The number of hydrogen-bond donors (Lipinski definition) is 7. The monoisotopic (exact) mass is 625 g/mol. The van der Waals surface area contributed by atoms with E-state index in [9.17, 15) is 29.8 Å². The lowest BCUT2D eigenvalue weighted by Gasteiger charge is -2.49. The van der Waals surface area contributed by atoms with E-state index in [4.69, 9.17) is 17.2 Å². The van der Waals surface area contributed by atoms with E-state index in [1.54, 1.807) is 18.5 Å². The lowest BCUT2D eigenvalue weighted by molar-refractivity contribution is -0.150. The first-order valence-corrected chi connectivity index (χ1v) is 15.0. The molecule has 0 bridgehead atoms. The van der Waals surface area contributed by atoms with Crippen LogP contribution in [0.4, 0.5) is 5.13 Å². The predicted octanol–water partition coefficient (Wildman–Crippen LogP) is -0.487. The van der Waals surface area contributed by atoms with Crippen molar-refractivity contribution in [3.05, 3.63) is 40.1 Å². The standard InChI is InChI=1S/C21H23N9O6S4/c22-20(23)26-8(4-31)5-37-11-3-25-2-1-10(11)40-12-7-38-18-14(17(33)30(18)15(12)19(34)35)28-16(32)13(29-36)9-6-39-21(24)27-9/h1-3,6,8,14,18,31,36H,4-5,7H2,(H2,24,27)(H,28,32)(H,34,35)(H4,22,23,26)/b29-13-/t8?,14-,18-/m1/s1. The average molecular weight is 626 g/mol. The number of amides is 2. The molecule has 19 heteroatoms. The molecule has 4 rings (SSSR count). The van der Waals surface area contributed by atoms with E-state index < -0.39 is 41.0 Å². The van der Waals surface area contributed by atoms with Gasteiger partial charge < -0.3 is 37.9 Å². The summed E-state index contributed by atoms with van der Waals surface area (Å²) in [4.78, 5) is 53.0. The summed E-state index contributed by atoms with van der Waals surface area (Å²) in [6.07, 6.45) is 3.16. The van der Waals surface area contributed by atoms with Gasteiger partial charge in [-0.3, -0.25) is 19.5 Å². The van der Waals surface area contributed by atoms with E-state index in [2.05, 4.69) is 25.4 Å². The molecule has 0 saturated carbocycles. The summed E-state index contributed by atoms with van der Waals surface area (Å²) in [5.41, 5.74) is 15.8. The summed E-state index contributed by atoms with van der Waals surface area (Å²) in [6, 6.07) is 0.138. The number of oxime groups is 1. The molecular weight excluding hydrogens is 603 g/mol. The number of aliphatic imine (C=N–C) groups is 1. The Balaban J connectivity index is 1.50. The highest BCUT2D eigenvalue weighted by Crippen LogP contribution is 2.46. The smallest absolute Gasteiger partial charge is 0.353 e. The molecule has 1 fully saturated rings. The van der Waals surface area contributed by atoms with Gasteiger partial charge in [0.2, 0.25) is 0 Å². The minimum atomic E-state index is -1.29. The van der Waals surface area contributed by atoms with Gasteiger partial charge in [0.1, 0.15) is 22.8 Å². The first kappa shape index (κ1) is 29.5. The lowest BCUT2D eigenvalue weighted by Crippen LogP contribution is -2.71. The third-order valence-corrected chi connectivity index (χ3v) is 10.1. The van der Waals surface area contributed by atoms with Crippen molar-refractivity contribution in [1.82, 2.24) is 20.2 Å². The maximum Gasteiger partial charge on any atom is 0.353 e. The fraction of sp³-hybridized carbons (Fsp3) is 0.286. The number of nitrogen functional groups attached to an aromatic ring is 1. The maximum atomic E-state index is 13.0. The number of β-lactam (4-membered cyclic amide) rings is 1. The Morgan fingerprint density at radius 1 is 1.32 bits per heavy atom. The van der Waals surface area contributed by atoms with Gasteiger partial charge >= 0.3 is 5.97 Å². The third kappa shape index (κ3) is 6.28. The molecule has 0 aromatic carbocycles. The number of pyridine rings is 1. The molecule has 0 spiro atoms. The highest BCUT2D eigenvalue weighted by Gasteiger charge is 2.54. The van der Waals surface area contributed by atoms with Crippen LogP contribution in [0.15, 0.2) is 54.4 Å². The maximum absolute atomic E-state index is 13.0. The number of aliphatic carboxylic acids is 1. The molecule has 2 aliphatic rings. The van der Waals surface area contributed by atoms with Gasteiger partial charge in [0, 0.05) is 44.0 Å². The number of carboxylic acids is 1. The van der Waals surface area contributed by atoms with E-state index >= 15 is 0 Å². The van der Waals surface area contributed by atoms with Gasteiger partial charge in [0.25, 0.3) is 11.8 Å². The summed E-state index contributed by atoms with van der Waals surface area (Å²) < 4.78 is 0. The van der Waals surface area contributed by atoms with Gasteiger partial charge in [0.05, 0.1) is 12.6 Å². The minimum absolute atomic E-state index is 0.0434. The first-order chi connectivity index (χ1) is 19.1. The second-order valence-electron chi connectivity index (χ2n) is 8.08. The number of aliphatic hydroxyl groups is 1. The zero-order valence-electron chi connectivity index (χ0n) is 20.3. The summed E-state index contributed by atoms with van der Waals surface area (Å²) in [5.74, 6) is -2.33. The summed E-state index contributed by atoms with van der Waals surface area (Å²) in [5, 5.41) is 35.3. The van der Waals surface area contributed by atoms with Crippen molar-refractivity contribution in [2.45, 2.75) is 27.2 Å². The van der Waals surface area contributed by atoms with Crippen LogP contribution in [0.5, 0.6) is 0 Å². The molecule has 2 amide bonds. The van der Waals surface area contributed by atoms with Crippen LogP contribution in [-0.2, 0) is 14.4 Å². The van der Waals surface area contributed by atoms with Crippen molar-refractivity contribution in [2.24, 2.45) is 21.6 Å². The molecule has 1 unspecified atom stereocenters. The number of rotatable bonds is 11. The van der Waals surface area contributed by atoms with Crippen LogP contribution in [0, 0.1) is 0 Å². The van der Waals surface area contributed by atoms with E-state index in [0.29, 0.717) is 20.4 Å². The number of carbonyl (C=O) groups excluding carboxylic acids is 2. The molecular formula is C21H23N9O6S4. The van der Waals surface area contributed by atoms with Crippen LogP contribution in [-0.4, -0.2) is 95.3 Å². The molecule has 2 aromatic rings. The van der Waals surface area contributed by atoms with Crippen LogP contribution >= 0.6 is 46.6 Å². The topological polar surface area (TPSA) is 256 Å². The van der Waals surface area contributed by atoms with Crippen molar-refractivity contribution < 1.29 is 29.8 Å². The molecule has 3 atom stereocenters. The third-order valence-electron chi connectivity index (χ3n) is 5.46. The Kier molecular flexibility index (Phi) is 9.40. The second-order valence-corrected chi connectivity index (χ2v) is 12.3. The Morgan fingerprint density at radius 3 is 2.73 bits per heavy atom. The average Bonchev–Trinajstić information content (AvgIpc) is 3.35. The van der Waals surface area contributed by atoms with Crippen molar-refractivity contribution in [3.63, 3.8) is 0 Å². The quantitative estimate of drug-likeness (QED) is 0.0415. The molecule has 0 radical (unpaired) electrons. The van der Waals surface area contributed by atoms with E-state index in [1.807, 2.05) is 0 Å². The van der Waals surface area contributed by atoms with Crippen LogP contribution in [0.3, 0.4) is 0 Å². The second kappa shape index (κ2) is 12.8. The fourth-order valence-electron chi connectivity index (χ4n) is 3.71. The Hall–Kier alpha value is -3.52. The van der Waals surface area contributed by atoms with Gasteiger partial charge in [-0.15, -0.1) is 34.9 Å². The van der Waals surface area contributed by atoms with Crippen molar-refractivity contribution in [2.75, 3.05) is 23.8 Å². The number of nitrogens with zero attached hydrogens (tertiary/aromatic N) is 5. The highest BCUT2D eigenvalue weighted by molar-refractivity contribution is 8.07. The minimum Gasteiger partial charge on any atom is -0.477 e. The van der Waals surface area contributed by atoms with E-state index in [1.165, 1.54) is 40.7 Å². The molecule has 2 aliphatic heterocycles. The normalized spacial score (nSPS) is 19.5. The summed E-state index contributed by atoms with van der Waals surface area (Å²) in [7, 11) is 0. The number of aliphatic hydroxyl groups excluding tert-OH is 1. The first-order valence-electron chi connectivity index (χ1n) is 11.2. The van der Waals surface area contributed by atoms with Gasteiger partial charge in [-0.2, -0.15) is 0 Å². The number of nitrogens with one attached hydrogen (secondary N) is 1. The van der Waals surface area contributed by atoms with Crippen LogP contribution < -0.4 is 22.5 Å². The Morgan fingerprint density at radius 2 is 2.10 bits per heavy atom. The molecule has 1 saturated heterocycles. The number of anilines is 1. The zero-order chi connectivity index (χ0) is 29.0. The number of nitrogens with two attached hydrogens (primary N) is 3. The molecule has 10 N–H and O–H groups in total. The van der Waals surface area contributed by atoms with Gasteiger partial charge in [-0.05, 0) is 6.07 Å².